The zero-order valence-electron chi connectivity index (χ0n) is 21.5. The zero-order chi connectivity index (χ0) is 28.3. The Bertz CT molecular complexity index is 1470. The molecule has 0 aliphatic heterocycles. The Morgan fingerprint density at radius 2 is 1.85 bits per heavy atom. The maximum Gasteiger partial charge on any atom is 0.319 e. The highest BCUT2D eigenvalue weighted by Crippen LogP contribution is 2.35. The predicted molar refractivity (Wildman–Crippen MR) is 149 cm³/mol. The molecular formula is C28H29Cl2N3O6. The number of carboxylic acids is 1. The molecular weight excluding hydrogens is 545 g/mol. The predicted octanol–water partition coefficient (Wildman–Crippen LogP) is 5.52. The molecule has 206 valence electrons. The molecule has 0 radical (unpaired) electrons. The summed E-state index contributed by atoms with van der Waals surface area (Å²) in [6, 6.07) is 10.0. The van der Waals surface area contributed by atoms with E-state index in [1.807, 2.05) is 26.0 Å². The van der Waals surface area contributed by atoms with E-state index in [4.69, 9.17) is 27.9 Å². The van der Waals surface area contributed by atoms with Gasteiger partial charge in [-0.3, -0.25) is 9.59 Å². The minimum absolute atomic E-state index is 0.169. The van der Waals surface area contributed by atoms with Crippen LogP contribution in [0.25, 0.3) is 0 Å². The first-order valence-electron chi connectivity index (χ1n) is 12.5. The Labute approximate surface area is 235 Å². The number of anilines is 1. The van der Waals surface area contributed by atoms with E-state index in [-0.39, 0.29) is 24.1 Å². The summed E-state index contributed by atoms with van der Waals surface area (Å²) in [6.45, 7) is 3.82. The number of nitrogens with one attached hydrogen (secondary N) is 2. The van der Waals surface area contributed by atoms with Gasteiger partial charge < -0.3 is 30.2 Å². The van der Waals surface area contributed by atoms with Gasteiger partial charge in [-0.25, -0.2) is 4.79 Å². The molecule has 0 spiro atoms. The minimum atomic E-state index is -1.15. The first-order valence-corrected chi connectivity index (χ1v) is 13.3. The Kier molecular flexibility index (Phi) is 8.72. The molecule has 1 aliphatic rings. The molecule has 1 atom stereocenters. The van der Waals surface area contributed by atoms with Gasteiger partial charge in [-0.2, -0.15) is 0 Å². The van der Waals surface area contributed by atoms with Crippen molar-refractivity contribution in [2.75, 3.05) is 5.32 Å². The van der Waals surface area contributed by atoms with E-state index in [0.717, 1.165) is 12.0 Å². The molecule has 0 fully saturated rings. The van der Waals surface area contributed by atoms with Crippen molar-refractivity contribution in [2.45, 2.75) is 58.2 Å². The summed E-state index contributed by atoms with van der Waals surface area (Å²) in [5.41, 5.74) is 1.59. The number of hydrogen-bond donors (Lipinski definition) is 4. The number of carbonyl (C=O) groups excluding carboxylic acids is 1. The van der Waals surface area contributed by atoms with Crippen LogP contribution in [-0.2, 0) is 24.2 Å². The van der Waals surface area contributed by atoms with E-state index in [9.17, 15) is 24.6 Å². The molecule has 1 aliphatic carbocycles. The average Bonchev–Trinajstić information content (AvgIpc) is 3.36. The van der Waals surface area contributed by atoms with Crippen molar-refractivity contribution in [2.24, 2.45) is 0 Å². The normalized spacial score (nSPS) is 13.2. The molecule has 4 N–H and O–H groups in total. The molecule has 2 aromatic carbocycles. The van der Waals surface area contributed by atoms with Crippen molar-refractivity contribution in [1.29, 1.82) is 0 Å². The van der Waals surface area contributed by atoms with Gasteiger partial charge in [-0.1, -0.05) is 47.5 Å². The molecule has 0 bridgehead atoms. The third-order valence-electron chi connectivity index (χ3n) is 6.43. The van der Waals surface area contributed by atoms with E-state index in [2.05, 4.69) is 10.6 Å². The number of carboxylic acid groups (broad SMARTS) is 1. The van der Waals surface area contributed by atoms with Gasteiger partial charge in [-0.15, -0.1) is 0 Å². The molecule has 1 heterocycles. The van der Waals surface area contributed by atoms with Crippen LogP contribution in [0.5, 0.6) is 11.5 Å². The lowest BCUT2D eigenvalue weighted by atomic mass is 10.0. The van der Waals surface area contributed by atoms with Gasteiger partial charge >= 0.3 is 12.0 Å². The monoisotopic (exact) mass is 573 g/mol. The van der Waals surface area contributed by atoms with Crippen LogP contribution >= 0.6 is 23.2 Å². The highest BCUT2D eigenvalue weighted by Gasteiger charge is 2.27. The van der Waals surface area contributed by atoms with Gasteiger partial charge in [0.15, 0.2) is 5.69 Å². The van der Waals surface area contributed by atoms with Crippen LogP contribution in [-0.4, -0.2) is 32.9 Å². The van der Waals surface area contributed by atoms with Crippen LogP contribution in [0.3, 0.4) is 0 Å². The van der Waals surface area contributed by atoms with Gasteiger partial charge in [0.25, 0.3) is 5.56 Å². The zero-order valence-corrected chi connectivity index (χ0v) is 23.0. The Balaban J connectivity index is 1.64. The van der Waals surface area contributed by atoms with Crippen molar-refractivity contribution in [3.63, 3.8) is 0 Å². The number of nitrogens with zero attached hydrogens (tertiary/aromatic N) is 1. The number of halogens is 2. The van der Waals surface area contributed by atoms with E-state index in [0.29, 0.717) is 45.5 Å². The quantitative estimate of drug-likeness (QED) is 0.266. The van der Waals surface area contributed by atoms with Gasteiger partial charge in [0, 0.05) is 16.3 Å². The average molecular weight is 574 g/mol. The number of pyridine rings is 1. The number of rotatable bonds is 9. The van der Waals surface area contributed by atoms with Crippen LogP contribution in [0.4, 0.5) is 10.5 Å². The van der Waals surface area contributed by atoms with Gasteiger partial charge in [0.05, 0.1) is 30.1 Å². The summed E-state index contributed by atoms with van der Waals surface area (Å²) in [6.07, 6.45) is 1.28. The molecule has 2 amide bonds. The summed E-state index contributed by atoms with van der Waals surface area (Å²) < 4.78 is 7.21. The number of ether oxygens (including phenoxy) is 1. The van der Waals surface area contributed by atoms with Gasteiger partial charge in [-0.05, 0) is 62.4 Å². The highest BCUT2D eigenvalue weighted by molar-refractivity contribution is 6.32. The molecule has 0 unspecified atom stereocenters. The first kappa shape index (κ1) is 28.3. The minimum Gasteiger partial charge on any atom is -0.505 e. The maximum atomic E-state index is 13.5. The third-order valence-corrected chi connectivity index (χ3v) is 7.11. The number of benzene rings is 2. The number of aliphatic carboxylic acids is 1. The van der Waals surface area contributed by atoms with E-state index >= 15 is 0 Å². The number of hydrogen-bond acceptors (Lipinski definition) is 5. The van der Waals surface area contributed by atoms with Crippen LogP contribution in [0.2, 0.25) is 10.0 Å². The largest absolute Gasteiger partial charge is 0.505 e. The van der Waals surface area contributed by atoms with Gasteiger partial charge in [0.2, 0.25) is 0 Å². The molecule has 39 heavy (non-hydrogen) atoms. The molecule has 1 aromatic heterocycles. The van der Waals surface area contributed by atoms with Crippen molar-refractivity contribution < 1.29 is 24.5 Å². The Hall–Kier alpha value is -3.69. The van der Waals surface area contributed by atoms with E-state index < -0.39 is 30.0 Å². The fourth-order valence-corrected chi connectivity index (χ4v) is 5.04. The second-order valence-corrected chi connectivity index (χ2v) is 10.4. The number of urea groups is 1. The lowest BCUT2D eigenvalue weighted by Gasteiger charge is -2.21. The smallest absolute Gasteiger partial charge is 0.319 e. The summed E-state index contributed by atoms with van der Waals surface area (Å²) in [5.74, 6) is -1.09. The van der Waals surface area contributed by atoms with Crippen molar-refractivity contribution >= 4 is 40.9 Å². The Morgan fingerprint density at radius 1 is 1.10 bits per heavy atom. The van der Waals surface area contributed by atoms with Crippen molar-refractivity contribution in [3.8, 4) is 11.5 Å². The third kappa shape index (κ3) is 6.49. The summed E-state index contributed by atoms with van der Waals surface area (Å²) in [4.78, 5) is 38.2. The fraction of sp³-hybridized carbons (Fsp3) is 0.321. The Morgan fingerprint density at radius 3 is 2.54 bits per heavy atom. The molecule has 11 heteroatoms. The lowest BCUT2D eigenvalue weighted by Crippen LogP contribution is -2.37. The van der Waals surface area contributed by atoms with Crippen molar-refractivity contribution in [3.05, 3.63) is 85.2 Å². The van der Waals surface area contributed by atoms with Crippen molar-refractivity contribution in [1.82, 2.24) is 9.88 Å². The number of carbonyl (C=O) groups is 2. The first-order chi connectivity index (χ1) is 18.5. The van der Waals surface area contributed by atoms with Crippen LogP contribution in [0, 0.1) is 0 Å². The number of aromatic hydroxyl groups is 1. The van der Waals surface area contributed by atoms with Crippen LogP contribution in [0.1, 0.15) is 55.1 Å². The summed E-state index contributed by atoms with van der Waals surface area (Å²) in [5, 5.41) is 26.3. The van der Waals surface area contributed by atoms with Crippen LogP contribution < -0.4 is 20.9 Å². The van der Waals surface area contributed by atoms with E-state index in [1.165, 1.54) is 4.57 Å². The lowest BCUT2D eigenvalue weighted by molar-refractivity contribution is -0.137. The van der Waals surface area contributed by atoms with Gasteiger partial charge in [0.1, 0.15) is 11.5 Å². The second-order valence-electron chi connectivity index (χ2n) is 9.59. The van der Waals surface area contributed by atoms with Crippen LogP contribution in [0.15, 0.2) is 47.3 Å². The summed E-state index contributed by atoms with van der Waals surface area (Å²) >= 11 is 12.5. The number of fused-ring (bicyclic) bond motifs is 1. The highest BCUT2D eigenvalue weighted by atomic mass is 35.5. The fourth-order valence-electron chi connectivity index (χ4n) is 4.68. The summed E-state index contributed by atoms with van der Waals surface area (Å²) in [7, 11) is 0. The molecule has 4 rings (SSSR count). The maximum absolute atomic E-state index is 13.5. The number of amides is 2. The molecule has 0 saturated carbocycles. The topological polar surface area (TPSA) is 130 Å². The number of aromatic nitrogens is 1. The van der Waals surface area contributed by atoms with E-state index in [1.54, 1.807) is 30.3 Å². The molecule has 3 aromatic rings. The molecule has 9 nitrogen and oxygen atoms in total. The molecule has 0 saturated heterocycles. The second kappa shape index (κ2) is 12.0. The SMILES string of the molecule is CC(C)Oc1cc([C@H](CC(=O)O)NC(=O)Nc2c(O)c3c(n(Cc4ccccc4Cl)c2=O)CCC3)ccc1Cl. The standard InChI is InChI=1S/C28H29Cl2N3O6/c1-15(2)39-23-12-16(10-11-20(23)30)21(13-24(34)35)31-28(38)32-25-26(36)18-7-5-9-22(18)33(27(25)37)14-17-6-3-4-8-19(17)29/h3-4,6,8,10-12,15,21,36H,5,7,9,13-14H2,1-2H3,(H,34,35)(H2,31,32,38)/t21-/m0/s1.